The summed E-state index contributed by atoms with van der Waals surface area (Å²) in [6.07, 6.45) is 3.48. The summed E-state index contributed by atoms with van der Waals surface area (Å²) in [7, 11) is 0. The van der Waals surface area contributed by atoms with Crippen molar-refractivity contribution in [3.05, 3.63) is 75.8 Å². The van der Waals surface area contributed by atoms with E-state index in [0.717, 1.165) is 21.4 Å². The van der Waals surface area contributed by atoms with Crippen molar-refractivity contribution in [3.63, 3.8) is 0 Å². The number of halogens is 1. The van der Waals surface area contributed by atoms with Crippen LogP contribution in [0.5, 0.6) is 5.75 Å². The minimum Gasteiger partial charge on any atom is -0.488 e. The Labute approximate surface area is 148 Å². The third-order valence-corrected chi connectivity index (χ3v) is 4.16. The van der Waals surface area contributed by atoms with Gasteiger partial charge in [-0.1, -0.05) is 30.3 Å². The van der Waals surface area contributed by atoms with E-state index < -0.39 is 5.91 Å². The van der Waals surface area contributed by atoms with Gasteiger partial charge in [0.25, 0.3) is 5.91 Å². The number of amides is 1. The molecule has 0 spiro atoms. The Hall–Kier alpha value is -2.84. The van der Waals surface area contributed by atoms with E-state index in [1.165, 1.54) is 0 Å². The summed E-state index contributed by atoms with van der Waals surface area (Å²) in [5, 5.41) is 12.0. The molecule has 5 heteroatoms. The third kappa shape index (κ3) is 3.55. The first kappa shape index (κ1) is 16.0. The highest BCUT2D eigenvalue weighted by Crippen LogP contribution is 2.27. The summed E-state index contributed by atoms with van der Waals surface area (Å²) in [5.74, 6) is 0.343. The number of para-hydroxylation sites is 2. The normalized spacial score (nSPS) is 13.2. The zero-order valence-corrected chi connectivity index (χ0v) is 14.2. The molecule has 0 saturated carbocycles. The maximum Gasteiger partial charge on any atom is 0.266 e. The highest BCUT2D eigenvalue weighted by molar-refractivity contribution is 9.10. The standard InChI is InChI=1S/C19H13BrN2O2/c20-16-6-2-3-7-17(16)22-19(23)15(11-21)10-13-9-14-5-1-4-8-18(14)24-12-13/h1-10H,12H2,(H,22,23)/b15-10-. The van der Waals surface area contributed by atoms with E-state index in [9.17, 15) is 10.1 Å². The number of ether oxygens (including phenoxy) is 1. The Balaban J connectivity index is 1.83. The third-order valence-electron chi connectivity index (χ3n) is 3.47. The van der Waals surface area contributed by atoms with Crippen LogP contribution in [0.25, 0.3) is 6.08 Å². The van der Waals surface area contributed by atoms with Gasteiger partial charge in [-0.2, -0.15) is 5.26 Å². The minimum atomic E-state index is -0.454. The lowest BCUT2D eigenvalue weighted by atomic mass is 10.1. The number of rotatable bonds is 3. The first-order chi connectivity index (χ1) is 11.7. The number of carbonyl (C=O) groups is 1. The Morgan fingerprint density at radius 3 is 2.75 bits per heavy atom. The molecule has 2 aromatic carbocycles. The largest absolute Gasteiger partial charge is 0.488 e. The van der Waals surface area contributed by atoms with Gasteiger partial charge in [0.1, 0.15) is 24.0 Å². The summed E-state index contributed by atoms with van der Waals surface area (Å²) in [6, 6.07) is 16.8. The Kier molecular flexibility index (Phi) is 4.78. The number of nitrogens with zero attached hydrogens (tertiary/aromatic N) is 1. The fraction of sp³-hybridized carbons (Fsp3) is 0.0526. The summed E-state index contributed by atoms with van der Waals surface area (Å²) in [4.78, 5) is 12.3. The highest BCUT2D eigenvalue weighted by atomic mass is 79.9. The number of carbonyl (C=O) groups excluding carboxylic acids is 1. The molecule has 24 heavy (non-hydrogen) atoms. The van der Waals surface area contributed by atoms with Crippen LogP contribution < -0.4 is 10.1 Å². The predicted molar refractivity (Wildman–Crippen MR) is 96.4 cm³/mol. The second kappa shape index (κ2) is 7.16. The fourth-order valence-corrected chi connectivity index (χ4v) is 2.69. The number of benzene rings is 2. The van der Waals surface area contributed by atoms with Crippen LogP contribution in [0.15, 0.2) is 70.2 Å². The van der Waals surface area contributed by atoms with Gasteiger partial charge in [-0.25, -0.2) is 0 Å². The van der Waals surface area contributed by atoms with Crippen molar-refractivity contribution in [3.8, 4) is 11.8 Å². The quantitative estimate of drug-likeness (QED) is 0.637. The molecular formula is C19H13BrN2O2. The summed E-state index contributed by atoms with van der Waals surface area (Å²) in [5.41, 5.74) is 2.34. The molecule has 1 aliphatic rings. The highest BCUT2D eigenvalue weighted by Gasteiger charge is 2.14. The van der Waals surface area contributed by atoms with Crippen LogP contribution in [0, 0.1) is 11.3 Å². The van der Waals surface area contributed by atoms with Gasteiger partial charge in [0.15, 0.2) is 0 Å². The lowest BCUT2D eigenvalue weighted by Crippen LogP contribution is -2.15. The number of fused-ring (bicyclic) bond motifs is 1. The minimum absolute atomic E-state index is 0.0278. The summed E-state index contributed by atoms with van der Waals surface area (Å²) in [6.45, 7) is 0.324. The molecule has 0 aromatic heterocycles. The lowest BCUT2D eigenvalue weighted by molar-refractivity contribution is -0.112. The van der Waals surface area contributed by atoms with Crippen LogP contribution in [-0.4, -0.2) is 12.5 Å². The fourth-order valence-electron chi connectivity index (χ4n) is 2.30. The van der Waals surface area contributed by atoms with Gasteiger partial charge in [0.05, 0.1) is 5.69 Å². The molecule has 1 amide bonds. The number of hydrogen-bond donors (Lipinski definition) is 1. The smallest absolute Gasteiger partial charge is 0.266 e. The molecular weight excluding hydrogens is 368 g/mol. The van der Waals surface area contributed by atoms with Crippen molar-refractivity contribution in [2.24, 2.45) is 0 Å². The molecule has 1 N–H and O–H groups in total. The Morgan fingerprint density at radius 2 is 1.96 bits per heavy atom. The molecule has 2 aromatic rings. The van der Waals surface area contributed by atoms with Gasteiger partial charge >= 0.3 is 0 Å². The van der Waals surface area contributed by atoms with Gasteiger partial charge in [-0.05, 0) is 51.9 Å². The summed E-state index contributed by atoms with van der Waals surface area (Å²) >= 11 is 3.36. The first-order valence-electron chi connectivity index (χ1n) is 7.27. The van der Waals surface area contributed by atoms with Crippen molar-refractivity contribution < 1.29 is 9.53 Å². The molecule has 0 bridgehead atoms. The van der Waals surface area contributed by atoms with Gasteiger partial charge in [0, 0.05) is 10.0 Å². The van der Waals surface area contributed by atoms with E-state index >= 15 is 0 Å². The van der Waals surface area contributed by atoms with E-state index in [1.54, 1.807) is 12.1 Å². The average Bonchev–Trinajstić information content (AvgIpc) is 2.61. The van der Waals surface area contributed by atoms with Gasteiger partial charge in [-0.15, -0.1) is 0 Å². The van der Waals surface area contributed by atoms with Crippen molar-refractivity contribution in [1.82, 2.24) is 0 Å². The van der Waals surface area contributed by atoms with Gasteiger partial charge < -0.3 is 10.1 Å². The molecule has 4 nitrogen and oxygen atoms in total. The van der Waals surface area contributed by atoms with E-state index in [-0.39, 0.29) is 5.57 Å². The van der Waals surface area contributed by atoms with Crippen molar-refractivity contribution >= 4 is 33.6 Å². The van der Waals surface area contributed by atoms with Crippen LogP contribution in [-0.2, 0) is 4.79 Å². The average molecular weight is 381 g/mol. The molecule has 0 aliphatic carbocycles. The SMILES string of the molecule is N#C/C(=C/C1=Cc2ccccc2OC1)C(=O)Nc1ccccc1Br. The monoisotopic (exact) mass is 380 g/mol. The van der Waals surface area contributed by atoms with E-state index in [0.29, 0.717) is 12.3 Å². The van der Waals surface area contributed by atoms with Crippen LogP contribution in [0.1, 0.15) is 5.56 Å². The maximum absolute atomic E-state index is 12.3. The van der Waals surface area contributed by atoms with Gasteiger partial charge in [0.2, 0.25) is 0 Å². The van der Waals surface area contributed by atoms with Crippen LogP contribution in [0.3, 0.4) is 0 Å². The molecule has 0 unspecified atom stereocenters. The summed E-state index contributed by atoms with van der Waals surface area (Å²) < 4.78 is 6.39. The van der Waals surface area contributed by atoms with Crippen LogP contribution in [0.4, 0.5) is 5.69 Å². The molecule has 3 rings (SSSR count). The number of hydrogen-bond acceptors (Lipinski definition) is 3. The number of nitriles is 1. The topological polar surface area (TPSA) is 62.1 Å². The molecule has 0 radical (unpaired) electrons. The van der Waals surface area contributed by atoms with Crippen LogP contribution >= 0.6 is 15.9 Å². The number of nitrogens with one attached hydrogen (secondary N) is 1. The van der Waals surface area contributed by atoms with Crippen molar-refractivity contribution in [2.75, 3.05) is 11.9 Å². The zero-order chi connectivity index (χ0) is 16.9. The number of anilines is 1. The zero-order valence-electron chi connectivity index (χ0n) is 12.6. The molecule has 1 heterocycles. The first-order valence-corrected chi connectivity index (χ1v) is 8.07. The van der Waals surface area contributed by atoms with Crippen molar-refractivity contribution in [1.29, 1.82) is 5.26 Å². The maximum atomic E-state index is 12.3. The molecule has 118 valence electrons. The molecule has 0 fully saturated rings. The second-order valence-electron chi connectivity index (χ2n) is 5.15. The lowest BCUT2D eigenvalue weighted by Gasteiger charge is -2.16. The Morgan fingerprint density at radius 1 is 1.21 bits per heavy atom. The van der Waals surface area contributed by atoms with E-state index in [2.05, 4.69) is 21.2 Å². The van der Waals surface area contributed by atoms with Gasteiger partial charge in [-0.3, -0.25) is 4.79 Å². The van der Waals surface area contributed by atoms with E-state index in [1.807, 2.05) is 54.6 Å². The molecule has 1 aliphatic heterocycles. The second-order valence-corrected chi connectivity index (χ2v) is 6.00. The van der Waals surface area contributed by atoms with Crippen LogP contribution in [0.2, 0.25) is 0 Å². The van der Waals surface area contributed by atoms with Crippen molar-refractivity contribution in [2.45, 2.75) is 0 Å². The molecule has 0 atom stereocenters. The Bertz CT molecular complexity index is 894. The molecule has 0 saturated heterocycles. The predicted octanol–water partition coefficient (Wildman–Crippen LogP) is 4.31. The van der Waals surface area contributed by atoms with E-state index in [4.69, 9.17) is 4.74 Å².